The average molecular weight is 264 g/mol. The molecule has 0 saturated heterocycles. The van der Waals surface area contributed by atoms with Crippen LogP contribution in [-0.2, 0) is 9.53 Å². The van der Waals surface area contributed by atoms with Crippen LogP contribution in [0.5, 0.6) is 0 Å². The van der Waals surface area contributed by atoms with Gasteiger partial charge in [-0.3, -0.25) is 0 Å². The first kappa shape index (κ1) is 18.8. The number of esters is 1. The summed E-state index contributed by atoms with van der Waals surface area (Å²) in [6, 6.07) is 0. The molecule has 0 bridgehead atoms. The van der Waals surface area contributed by atoms with Crippen molar-refractivity contribution < 1.29 is 26.4 Å². The molecule has 3 nitrogen and oxygen atoms in total. The molecule has 0 heterocycles. The SMILES string of the molecule is C=C(C)C(=O)OCC[N+](C)(C)CCCCC.[Cl-]. The molecule has 17 heavy (non-hydrogen) atoms. The summed E-state index contributed by atoms with van der Waals surface area (Å²) in [6.07, 6.45) is 3.75. The van der Waals surface area contributed by atoms with Crippen LogP contribution in [0, 0.1) is 0 Å². The number of halogens is 1. The summed E-state index contributed by atoms with van der Waals surface area (Å²) in [4.78, 5) is 11.2. The van der Waals surface area contributed by atoms with E-state index in [0.717, 1.165) is 17.6 Å². The Morgan fingerprint density at radius 2 is 1.82 bits per heavy atom. The fourth-order valence-electron chi connectivity index (χ4n) is 1.41. The number of likely N-dealkylation sites (N-methyl/N-ethyl adjacent to an activating group) is 1. The van der Waals surface area contributed by atoms with Crippen molar-refractivity contribution in [3.63, 3.8) is 0 Å². The lowest BCUT2D eigenvalue weighted by atomic mass is 10.2. The van der Waals surface area contributed by atoms with Crippen LogP contribution in [0.25, 0.3) is 0 Å². The molecule has 0 radical (unpaired) electrons. The third kappa shape index (κ3) is 10.3. The molecule has 0 fully saturated rings. The van der Waals surface area contributed by atoms with Gasteiger partial charge in [-0.05, 0) is 19.8 Å². The van der Waals surface area contributed by atoms with Gasteiger partial charge in [0.25, 0.3) is 0 Å². The van der Waals surface area contributed by atoms with Crippen LogP contribution >= 0.6 is 0 Å². The third-order valence-corrected chi connectivity index (χ3v) is 2.65. The molecule has 0 aliphatic carbocycles. The predicted octanol–water partition coefficient (Wildman–Crippen LogP) is -0.624. The van der Waals surface area contributed by atoms with Crippen LogP contribution in [0.2, 0.25) is 0 Å². The molecule has 0 aromatic carbocycles. The summed E-state index contributed by atoms with van der Waals surface area (Å²) < 4.78 is 6.00. The van der Waals surface area contributed by atoms with Crippen molar-refractivity contribution in [2.45, 2.75) is 33.1 Å². The zero-order valence-electron chi connectivity index (χ0n) is 11.6. The number of nitrogens with zero attached hydrogens (tertiary/aromatic N) is 1. The van der Waals surface area contributed by atoms with Crippen molar-refractivity contribution in [3.8, 4) is 0 Å². The molecule has 0 aliphatic rings. The molecular weight excluding hydrogens is 238 g/mol. The van der Waals surface area contributed by atoms with Gasteiger partial charge in [0.15, 0.2) is 0 Å². The first-order valence-electron chi connectivity index (χ1n) is 6.03. The number of hydrogen-bond donors (Lipinski definition) is 0. The van der Waals surface area contributed by atoms with Crippen LogP contribution in [0.3, 0.4) is 0 Å². The lowest BCUT2D eigenvalue weighted by Gasteiger charge is -2.29. The molecular formula is C13H26ClNO2. The van der Waals surface area contributed by atoms with Crippen molar-refractivity contribution in [2.75, 3.05) is 33.8 Å². The van der Waals surface area contributed by atoms with Gasteiger partial charge in [0.05, 0.1) is 20.6 Å². The zero-order valence-corrected chi connectivity index (χ0v) is 12.3. The van der Waals surface area contributed by atoms with Gasteiger partial charge in [0.1, 0.15) is 13.2 Å². The quantitative estimate of drug-likeness (QED) is 0.253. The van der Waals surface area contributed by atoms with E-state index in [4.69, 9.17) is 4.74 Å². The number of carbonyl (C=O) groups is 1. The fourth-order valence-corrected chi connectivity index (χ4v) is 1.41. The van der Waals surface area contributed by atoms with Gasteiger partial charge < -0.3 is 21.6 Å². The van der Waals surface area contributed by atoms with E-state index >= 15 is 0 Å². The first-order valence-corrected chi connectivity index (χ1v) is 6.03. The molecule has 0 aliphatic heterocycles. The molecule has 0 atom stereocenters. The van der Waals surface area contributed by atoms with E-state index in [1.807, 2.05) is 0 Å². The molecule has 0 saturated carbocycles. The van der Waals surface area contributed by atoms with Gasteiger partial charge in [-0.2, -0.15) is 0 Å². The van der Waals surface area contributed by atoms with Gasteiger partial charge in [-0.1, -0.05) is 19.9 Å². The summed E-state index contributed by atoms with van der Waals surface area (Å²) in [5, 5.41) is 0. The Morgan fingerprint density at radius 1 is 1.24 bits per heavy atom. The largest absolute Gasteiger partial charge is 1.00 e. The van der Waals surface area contributed by atoms with Crippen molar-refractivity contribution in [2.24, 2.45) is 0 Å². The molecule has 0 amide bonds. The van der Waals surface area contributed by atoms with Gasteiger partial charge in [0.2, 0.25) is 0 Å². The zero-order chi connectivity index (χ0) is 12.6. The van der Waals surface area contributed by atoms with Crippen molar-refractivity contribution in [1.29, 1.82) is 0 Å². The van der Waals surface area contributed by atoms with Crippen LogP contribution in [0.15, 0.2) is 12.2 Å². The number of rotatable bonds is 8. The van der Waals surface area contributed by atoms with E-state index in [0.29, 0.717) is 12.2 Å². The summed E-state index contributed by atoms with van der Waals surface area (Å²) >= 11 is 0. The van der Waals surface area contributed by atoms with Crippen molar-refractivity contribution in [1.82, 2.24) is 0 Å². The predicted molar refractivity (Wildman–Crippen MR) is 67.1 cm³/mol. The van der Waals surface area contributed by atoms with E-state index in [1.165, 1.54) is 19.3 Å². The first-order chi connectivity index (χ1) is 7.39. The molecule has 0 N–H and O–H groups in total. The maximum atomic E-state index is 11.2. The Kier molecular flexibility index (Phi) is 10.5. The second kappa shape index (κ2) is 9.49. The summed E-state index contributed by atoms with van der Waals surface area (Å²) in [6.45, 7) is 9.90. The fraction of sp³-hybridized carbons (Fsp3) is 0.769. The van der Waals surface area contributed by atoms with E-state index in [2.05, 4.69) is 27.6 Å². The van der Waals surface area contributed by atoms with Crippen LogP contribution in [0.1, 0.15) is 33.1 Å². The Balaban J connectivity index is 0. The number of quaternary nitrogens is 1. The number of hydrogen-bond acceptors (Lipinski definition) is 2. The number of carbonyl (C=O) groups excluding carboxylic acids is 1. The third-order valence-electron chi connectivity index (χ3n) is 2.65. The maximum Gasteiger partial charge on any atom is 0.333 e. The highest BCUT2D eigenvalue weighted by Crippen LogP contribution is 2.04. The highest BCUT2D eigenvalue weighted by Gasteiger charge is 2.15. The molecule has 0 spiro atoms. The summed E-state index contributed by atoms with van der Waals surface area (Å²) in [5.74, 6) is -0.284. The molecule has 0 aromatic rings. The molecule has 4 heteroatoms. The molecule has 0 aromatic heterocycles. The number of unbranched alkanes of at least 4 members (excludes halogenated alkanes) is 2. The smallest absolute Gasteiger partial charge is 0.333 e. The summed E-state index contributed by atoms with van der Waals surface area (Å²) in [5.41, 5.74) is 0.469. The van der Waals surface area contributed by atoms with Crippen LogP contribution in [0.4, 0.5) is 0 Å². The lowest BCUT2D eigenvalue weighted by molar-refractivity contribution is -0.890. The molecule has 0 rings (SSSR count). The monoisotopic (exact) mass is 263 g/mol. The van der Waals surface area contributed by atoms with Crippen LogP contribution < -0.4 is 12.4 Å². The lowest BCUT2D eigenvalue weighted by Crippen LogP contribution is -3.00. The minimum atomic E-state index is -0.284. The average Bonchev–Trinajstić information content (AvgIpc) is 2.17. The Labute approximate surface area is 112 Å². The van der Waals surface area contributed by atoms with E-state index in [9.17, 15) is 4.79 Å². The second-order valence-corrected chi connectivity index (χ2v) is 5.01. The topological polar surface area (TPSA) is 26.3 Å². The summed E-state index contributed by atoms with van der Waals surface area (Å²) in [7, 11) is 4.34. The Morgan fingerprint density at radius 3 is 2.29 bits per heavy atom. The van der Waals surface area contributed by atoms with Crippen molar-refractivity contribution in [3.05, 3.63) is 12.2 Å². The van der Waals surface area contributed by atoms with Gasteiger partial charge in [-0.15, -0.1) is 0 Å². The van der Waals surface area contributed by atoms with E-state index < -0.39 is 0 Å². The number of ether oxygens (including phenoxy) is 1. The standard InChI is InChI=1S/C13H26NO2.ClH/c1-6-7-8-9-14(4,5)10-11-16-13(15)12(2)3;/h2,6-11H2,1,3-5H3;1H/q+1;/p-1. The minimum Gasteiger partial charge on any atom is -1.00 e. The van der Waals surface area contributed by atoms with Gasteiger partial charge >= 0.3 is 5.97 Å². The minimum absolute atomic E-state index is 0. The van der Waals surface area contributed by atoms with Crippen LogP contribution in [-0.4, -0.2) is 44.2 Å². The normalized spacial score (nSPS) is 10.6. The van der Waals surface area contributed by atoms with Gasteiger partial charge in [0, 0.05) is 5.57 Å². The van der Waals surface area contributed by atoms with E-state index in [-0.39, 0.29) is 18.4 Å². The van der Waals surface area contributed by atoms with Gasteiger partial charge in [-0.25, -0.2) is 4.79 Å². The highest BCUT2D eigenvalue weighted by atomic mass is 35.5. The van der Waals surface area contributed by atoms with Crippen molar-refractivity contribution >= 4 is 5.97 Å². The second-order valence-electron chi connectivity index (χ2n) is 5.01. The van der Waals surface area contributed by atoms with E-state index in [1.54, 1.807) is 6.92 Å². The molecule has 0 unspecified atom stereocenters. The highest BCUT2D eigenvalue weighted by molar-refractivity contribution is 5.86. The maximum absolute atomic E-state index is 11.2. The Bertz CT molecular complexity index is 240. The molecule has 102 valence electrons. The Hall–Kier alpha value is -0.540.